The Kier molecular flexibility index (Phi) is 4.13. The van der Waals surface area contributed by atoms with Gasteiger partial charge in [0, 0.05) is 11.8 Å². The van der Waals surface area contributed by atoms with Crippen molar-refractivity contribution in [2.75, 3.05) is 12.0 Å². The second-order valence-electron chi connectivity index (χ2n) is 4.56. The van der Waals surface area contributed by atoms with Crippen molar-refractivity contribution >= 4 is 29.5 Å². The van der Waals surface area contributed by atoms with Crippen molar-refractivity contribution in [3.63, 3.8) is 0 Å². The third kappa shape index (κ3) is 2.31. The summed E-state index contributed by atoms with van der Waals surface area (Å²) < 4.78 is 0. The summed E-state index contributed by atoms with van der Waals surface area (Å²) in [6, 6.07) is 3.89. The van der Waals surface area contributed by atoms with Crippen LogP contribution in [0.5, 0.6) is 0 Å². The van der Waals surface area contributed by atoms with Gasteiger partial charge in [-0.2, -0.15) is 11.8 Å². The van der Waals surface area contributed by atoms with Gasteiger partial charge in [-0.15, -0.1) is 0 Å². The molecule has 0 aliphatic carbocycles. The molecule has 0 radical (unpaired) electrons. The van der Waals surface area contributed by atoms with Crippen LogP contribution in [0.2, 0.25) is 0 Å². The molecule has 1 heterocycles. The SMILES string of the molecule is CCC(CSC)N1C(=O)c2ccc(C(=O)O)cc2C1=O. The van der Waals surface area contributed by atoms with Crippen LogP contribution in [0.25, 0.3) is 0 Å². The molecule has 1 N–H and O–H groups in total. The minimum atomic E-state index is -1.11. The first-order valence-electron chi connectivity index (χ1n) is 6.25. The highest BCUT2D eigenvalue weighted by atomic mass is 32.2. The second kappa shape index (κ2) is 5.66. The Morgan fingerprint density at radius 1 is 1.30 bits per heavy atom. The van der Waals surface area contributed by atoms with E-state index in [-0.39, 0.29) is 23.1 Å². The number of fused-ring (bicyclic) bond motifs is 1. The van der Waals surface area contributed by atoms with Gasteiger partial charge in [-0.05, 0) is 30.9 Å². The quantitative estimate of drug-likeness (QED) is 0.842. The topological polar surface area (TPSA) is 74.7 Å². The fourth-order valence-corrected chi connectivity index (χ4v) is 3.06. The molecule has 5 nitrogen and oxygen atoms in total. The third-order valence-corrected chi connectivity index (χ3v) is 4.08. The Bertz CT molecular complexity index is 585. The summed E-state index contributed by atoms with van der Waals surface area (Å²) in [5, 5.41) is 8.96. The van der Waals surface area contributed by atoms with Crippen LogP contribution >= 0.6 is 11.8 Å². The molecule has 1 aliphatic rings. The number of rotatable bonds is 5. The lowest BCUT2D eigenvalue weighted by Gasteiger charge is -2.24. The molecule has 0 saturated carbocycles. The molecule has 2 rings (SSSR count). The number of aromatic carboxylic acids is 1. The number of carboxylic acid groups (broad SMARTS) is 1. The van der Waals surface area contributed by atoms with Crippen LogP contribution in [0, 0.1) is 0 Å². The van der Waals surface area contributed by atoms with E-state index in [1.54, 1.807) is 11.8 Å². The zero-order valence-corrected chi connectivity index (χ0v) is 12.1. The van der Waals surface area contributed by atoms with E-state index in [2.05, 4.69) is 0 Å². The number of amides is 2. The lowest BCUT2D eigenvalue weighted by Crippen LogP contribution is -2.41. The van der Waals surface area contributed by atoms with Crippen molar-refractivity contribution in [3.8, 4) is 0 Å². The van der Waals surface area contributed by atoms with Gasteiger partial charge < -0.3 is 5.11 Å². The van der Waals surface area contributed by atoms with Crippen molar-refractivity contribution in [1.29, 1.82) is 0 Å². The zero-order valence-electron chi connectivity index (χ0n) is 11.3. The number of carboxylic acids is 1. The molecule has 20 heavy (non-hydrogen) atoms. The number of benzene rings is 1. The summed E-state index contributed by atoms with van der Waals surface area (Å²) in [7, 11) is 0. The smallest absolute Gasteiger partial charge is 0.335 e. The van der Waals surface area contributed by atoms with Crippen molar-refractivity contribution in [2.24, 2.45) is 0 Å². The Hall–Kier alpha value is -1.82. The molecule has 0 saturated heterocycles. The van der Waals surface area contributed by atoms with Gasteiger partial charge >= 0.3 is 5.97 Å². The molecule has 0 aromatic heterocycles. The molecule has 1 aliphatic heterocycles. The monoisotopic (exact) mass is 293 g/mol. The summed E-state index contributed by atoms with van der Waals surface area (Å²) in [6.45, 7) is 1.92. The summed E-state index contributed by atoms with van der Waals surface area (Å²) in [4.78, 5) is 36.9. The predicted molar refractivity (Wildman–Crippen MR) is 76.4 cm³/mol. The van der Waals surface area contributed by atoms with Crippen LogP contribution in [0.15, 0.2) is 18.2 Å². The van der Waals surface area contributed by atoms with Crippen LogP contribution in [-0.4, -0.2) is 45.8 Å². The lowest BCUT2D eigenvalue weighted by atomic mass is 10.1. The van der Waals surface area contributed by atoms with Gasteiger partial charge in [0.05, 0.1) is 16.7 Å². The highest BCUT2D eigenvalue weighted by Gasteiger charge is 2.39. The van der Waals surface area contributed by atoms with Crippen LogP contribution < -0.4 is 0 Å². The first kappa shape index (κ1) is 14.6. The predicted octanol–water partition coefficient (Wildman–Crippen LogP) is 2.12. The van der Waals surface area contributed by atoms with Crippen molar-refractivity contribution in [3.05, 3.63) is 34.9 Å². The van der Waals surface area contributed by atoms with Crippen LogP contribution in [0.1, 0.15) is 44.4 Å². The normalized spacial score (nSPS) is 15.4. The maximum atomic E-state index is 12.4. The van der Waals surface area contributed by atoms with Crippen LogP contribution in [0.4, 0.5) is 0 Å². The summed E-state index contributed by atoms with van der Waals surface area (Å²) in [5.74, 6) is -1.16. The van der Waals surface area contributed by atoms with Gasteiger partial charge in [-0.1, -0.05) is 6.92 Å². The molecule has 0 fully saturated rings. The van der Waals surface area contributed by atoms with Crippen molar-refractivity contribution in [2.45, 2.75) is 19.4 Å². The number of thioether (sulfide) groups is 1. The van der Waals surface area contributed by atoms with Crippen LogP contribution in [-0.2, 0) is 0 Å². The van der Waals surface area contributed by atoms with E-state index in [0.29, 0.717) is 17.7 Å². The highest BCUT2D eigenvalue weighted by Crippen LogP contribution is 2.27. The number of hydrogen-bond donors (Lipinski definition) is 1. The van der Waals surface area contributed by atoms with Gasteiger partial charge in [0.15, 0.2) is 0 Å². The Morgan fingerprint density at radius 3 is 2.50 bits per heavy atom. The molecule has 1 unspecified atom stereocenters. The zero-order chi connectivity index (χ0) is 14.9. The van der Waals surface area contributed by atoms with Gasteiger partial charge in [-0.25, -0.2) is 4.79 Å². The number of carbonyl (C=O) groups is 3. The highest BCUT2D eigenvalue weighted by molar-refractivity contribution is 7.98. The standard InChI is InChI=1S/C14H15NO4S/c1-3-9(7-20-2)15-12(16)10-5-4-8(14(18)19)6-11(10)13(15)17/h4-6,9H,3,7H2,1-2H3,(H,18,19). The molecule has 6 heteroatoms. The van der Waals surface area contributed by atoms with E-state index in [0.717, 1.165) is 0 Å². The lowest BCUT2D eigenvalue weighted by molar-refractivity contribution is 0.0596. The Labute approximate surface area is 121 Å². The molecule has 106 valence electrons. The maximum Gasteiger partial charge on any atom is 0.335 e. The summed E-state index contributed by atoms with van der Waals surface area (Å²) >= 11 is 1.57. The van der Waals surface area contributed by atoms with E-state index >= 15 is 0 Å². The average molecular weight is 293 g/mol. The Morgan fingerprint density at radius 2 is 1.95 bits per heavy atom. The number of hydrogen-bond acceptors (Lipinski definition) is 4. The second-order valence-corrected chi connectivity index (χ2v) is 5.47. The molecule has 2 amide bonds. The van der Waals surface area contributed by atoms with Gasteiger partial charge in [0.25, 0.3) is 11.8 Å². The van der Waals surface area contributed by atoms with E-state index in [9.17, 15) is 14.4 Å². The fourth-order valence-electron chi connectivity index (χ4n) is 2.29. The van der Waals surface area contributed by atoms with E-state index in [1.807, 2.05) is 13.2 Å². The molecule has 0 bridgehead atoms. The molecule has 1 atom stereocenters. The number of imide groups is 1. The van der Waals surface area contributed by atoms with Crippen molar-refractivity contribution < 1.29 is 19.5 Å². The van der Waals surface area contributed by atoms with Crippen molar-refractivity contribution in [1.82, 2.24) is 4.90 Å². The minimum Gasteiger partial charge on any atom is -0.478 e. The first-order chi connectivity index (χ1) is 9.51. The summed E-state index contributed by atoms with van der Waals surface area (Å²) in [5.41, 5.74) is 0.499. The average Bonchev–Trinajstić information content (AvgIpc) is 2.68. The molecular weight excluding hydrogens is 278 g/mol. The third-order valence-electron chi connectivity index (χ3n) is 3.36. The van der Waals surface area contributed by atoms with Gasteiger partial charge in [0.2, 0.25) is 0 Å². The minimum absolute atomic E-state index is 0.0182. The molecule has 0 spiro atoms. The van der Waals surface area contributed by atoms with E-state index in [4.69, 9.17) is 5.11 Å². The first-order valence-corrected chi connectivity index (χ1v) is 7.64. The van der Waals surface area contributed by atoms with Gasteiger partial charge in [-0.3, -0.25) is 14.5 Å². The van der Waals surface area contributed by atoms with Crippen LogP contribution in [0.3, 0.4) is 0 Å². The largest absolute Gasteiger partial charge is 0.478 e. The van der Waals surface area contributed by atoms with E-state index < -0.39 is 11.9 Å². The molecule has 1 aromatic rings. The van der Waals surface area contributed by atoms with Gasteiger partial charge in [0.1, 0.15) is 0 Å². The Balaban J connectivity index is 2.41. The van der Waals surface area contributed by atoms with E-state index in [1.165, 1.54) is 23.1 Å². The molecule has 1 aromatic carbocycles. The fraction of sp³-hybridized carbons (Fsp3) is 0.357. The number of carbonyl (C=O) groups excluding carboxylic acids is 2. The molecular formula is C14H15NO4S. The summed E-state index contributed by atoms with van der Waals surface area (Å²) in [6.07, 6.45) is 2.60. The number of nitrogens with zero attached hydrogens (tertiary/aromatic N) is 1. The maximum absolute atomic E-state index is 12.4.